The first-order valence-corrected chi connectivity index (χ1v) is 9.55. The number of amides is 2. The van der Waals surface area contributed by atoms with Crippen LogP contribution >= 0.6 is 0 Å². The molecule has 0 aliphatic heterocycles. The van der Waals surface area contributed by atoms with E-state index in [1.54, 1.807) is 0 Å². The van der Waals surface area contributed by atoms with E-state index in [1.807, 2.05) is 6.07 Å². The smallest absolute Gasteiger partial charge is 0.319 e. The van der Waals surface area contributed by atoms with Gasteiger partial charge in [0, 0.05) is 36.3 Å². The fraction of sp³-hybridized carbons (Fsp3) is 0.429. The number of aryl methyl sites for hydroxylation is 1. The molecule has 1 aromatic heterocycles. The Hall–Kier alpha value is -2.50. The second-order valence-corrected chi connectivity index (χ2v) is 6.98. The number of carbonyl (C=O) groups excluding carboxylic acids is 1. The van der Waals surface area contributed by atoms with Gasteiger partial charge in [-0.3, -0.25) is 4.98 Å². The zero-order valence-corrected chi connectivity index (χ0v) is 15.5. The Morgan fingerprint density at radius 1 is 1.19 bits per heavy atom. The minimum Gasteiger partial charge on any atom is -0.337 e. The Balaban J connectivity index is 1.52. The molecular formula is C21H25F2N3O. The Morgan fingerprint density at radius 2 is 2.00 bits per heavy atom. The van der Waals surface area contributed by atoms with E-state index in [0.717, 1.165) is 24.2 Å². The van der Waals surface area contributed by atoms with Gasteiger partial charge in [0.2, 0.25) is 0 Å². The lowest BCUT2D eigenvalue weighted by molar-refractivity contribution is 0.252. The Morgan fingerprint density at radius 3 is 2.70 bits per heavy atom. The van der Waals surface area contributed by atoms with Crippen LogP contribution in [0.5, 0.6) is 0 Å². The van der Waals surface area contributed by atoms with Gasteiger partial charge < -0.3 is 10.6 Å². The third kappa shape index (κ3) is 5.49. The summed E-state index contributed by atoms with van der Waals surface area (Å²) in [5.41, 5.74) is 3.47. The summed E-state index contributed by atoms with van der Waals surface area (Å²) in [6, 6.07) is 6.70. The topological polar surface area (TPSA) is 54.0 Å². The zero-order valence-electron chi connectivity index (χ0n) is 15.5. The predicted octanol–water partition coefficient (Wildman–Crippen LogP) is 4.94. The van der Waals surface area contributed by atoms with Crippen molar-refractivity contribution in [1.82, 2.24) is 10.3 Å². The van der Waals surface area contributed by atoms with Crippen LogP contribution in [0.15, 0.2) is 30.3 Å². The summed E-state index contributed by atoms with van der Waals surface area (Å²) in [4.78, 5) is 16.7. The van der Waals surface area contributed by atoms with Gasteiger partial charge in [-0.05, 0) is 49.4 Å². The minimum atomic E-state index is -0.802. The number of nitrogens with zero attached hydrogens (tertiary/aromatic N) is 1. The van der Waals surface area contributed by atoms with Crippen LogP contribution in [-0.2, 0) is 12.8 Å². The van der Waals surface area contributed by atoms with E-state index in [0.29, 0.717) is 18.9 Å². The number of unbranched alkanes of at least 4 members (excludes halogenated alkanes) is 1. The van der Waals surface area contributed by atoms with Crippen molar-refractivity contribution in [3.8, 4) is 0 Å². The van der Waals surface area contributed by atoms with Gasteiger partial charge in [-0.1, -0.05) is 19.4 Å². The molecule has 0 radical (unpaired) electrons. The summed E-state index contributed by atoms with van der Waals surface area (Å²) in [7, 11) is 0. The fourth-order valence-corrected chi connectivity index (χ4v) is 3.04. The molecule has 1 fully saturated rings. The first-order chi connectivity index (χ1) is 13.1. The lowest BCUT2D eigenvalue weighted by Crippen LogP contribution is -2.31. The molecule has 6 heteroatoms. The number of hydrogen-bond donors (Lipinski definition) is 2. The van der Waals surface area contributed by atoms with E-state index < -0.39 is 17.7 Å². The molecule has 1 saturated carbocycles. The molecule has 27 heavy (non-hydrogen) atoms. The number of urea groups is 1. The van der Waals surface area contributed by atoms with Crippen LogP contribution < -0.4 is 10.6 Å². The van der Waals surface area contributed by atoms with E-state index in [4.69, 9.17) is 4.98 Å². The molecule has 1 aliphatic rings. The average molecular weight is 373 g/mol. The molecule has 1 heterocycles. The van der Waals surface area contributed by atoms with Crippen molar-refractivity contribution in [2.24, 2.45) is 0 Å². The highest BCUT2D eigenvalue weighted by Crippen LogP contribution is 2.41. The van der Waals surface area contributed by atoms with Crippen LogP contribution in [0.25, 0.3) is 0 Å². The largest absolute Gasteiger partial charge is 0.337 e. The molecule has 1 aromatic carbocycles. The van der Waals surface area contributed by atoms with E-state index >= 15 is 0 Å². The first-order valence-electron chi connectivity index (χ1n) is 9.55. The standard InChI is InChI=1S/C21H25F2N3O/c1-2-3-4-14-7-9-17(25-20(14)15-5-6-15)11-12-24-21(27)26-19-10-8-16(22)13-18(19)23/h7-10,13,15H,2-6,11-12H2,1H3,(H2,24,26,27). The highest BCUT2D eigenvalue weighted by molar-refractivity contribution is 5.89. The quantitative estimate of drug-likeness (QED) is 0.688. The van der Waals surface area contributed by atoms with Crippen molar-refractivity contribution in [2.75, 3.05) is 11.9 Å². The Bertz CT molecular complexity index is 806. The highest BCUT2D eigenvalue weighted by Gasteiger charge is 2.27. The molecule has 0 bridgehead atoms. The van der Waals surface area contributed by atoms with Crippen LogP contribution in [-0.4, -0.2) is 17.6 Å². The maximum Gasteiger partial charge on any atom is 0.319 e. The van der Waals surface area contributed by atoms with Gasteiger partial charge in [-0.15, -0.1) is 0 Å². The van der Waals surface area contributed by atoms with Gasteiger partial charge >= 0.3 is 6.03 Å². The fourth-order valence-electron chi connectivity index (χ4n) is 3.04. The van der Waals surface area contributed by atoms with Crippen molar-refractivity contribution < 1.29 is 13.6 Å². The monoisotopic (exact) mass is 373 g/mol. The summed E-state index contributed by atoms with van der Waals surface area (Å²) in [6.07, 6.45) is 6.42. The summed E-state index contributed by atoms with van der Waals surface area (Å²) < 4.78 is 26.4. The number of halogens is 2. The molecule has 1 aliphatic carbocycles. The molecule has 0 spiro atoms. The lowest BCUT2D eigenvalue weighted by atomic mass is 10.0. The first kappa shape index (κ1) is 19.3. The Labute approximate surface area is 158 Å². The lowest BCUT2D eigenvalue weighted by Gasteiger charge is -2.11. The van der Waals surface area contributed by atoms with Crippen molar-refractivity contribution in [3.63, 3.8) is 0 Å². The second kappa shape index (κ2) is 8.93. The van der Waals surface area contributed by atoms with Crippen molar-refractivity contribution in [2.45, 2.75) is 51.4 Å². The van der Waals surface area contributed by atoms with Crippen molar-refractivity contribution in [3.05, 3.63) is 58.9 Å². The zero-order chi connectivity index (χ0) is 19.2. The summed E-state index contributed by atoms with van der Waals surface area (Å²) in [5.74, 6) is -0.892. The highest BCUT2D eigenvalue weighted by atomic mass is 19.1. The van der Waals surface area contributed by atoms with Crippen LogP contribution in [0.3, 0.4) is 0 Å². The Kier molecular flexibility index (Phi) is 6.37. The number of hydrogen-bond acceptors (Lipinski definition) is 2. The summed E-state index contributed by atoms with van der Waals surface area (Å²) in [5, 5.41) is 5.07. The molecule has 4 nitrogen and oxygen atoms in total. The number of carbonyl (C=O) groups is 1. The van der Waals surface area contributed by atoms with Gasteiger partial charge in [-0.25, -0.2) is 13.6 Å². The molecule has 0 saturated heterocycles. The van der Waals surface area contributed by atoms with Crippen molar-refractivity contribution in [1.29, 1.82) is 0 Å². The van der Waals surface area contributed by atoms with E-state index in [-0.39, 0.29) is 5.69 Å². The summed E-state index contributed by atoms with van der Waals surface area (Å²) >= 11 is 0. The van der Waals surface area contributed by atoms with E-state index in [1.165, 1.54) is 43.0 Å². The predicted molar refractivity (Wildman–Crippen MR) is 102 cm³/mol. The number of benzene rings is 1. The number of rotatable bonds is 8. The number of pyridine rings is 1. The minimum absolute atomic E-state index is 0.0525. The SMILES string of the molecule is CCCCc1ccc(CCNC(=O)Nc2ccc(F)cc2F)nc1C1CC1. The maximum absolute atomic E-state index is 13.6. The number of nitrogens with one attached hydrogen (secondary N) is 2. The normalized spacial score (nSPS) is 13.4. The third-order valence-corrected chi connectivity index (χ3v) is 4.68. The van der Waals surface area contributed by atoms with E-state index in [2.05, 4.69) is 23.6 Å². The molecule has 3 rings (SSSR count). The van der Waals surface area contributed by atoms with Crippen LogP contribution in [0.1, 0.15) is 55.5 Å². The van der Waals surface area contributed by atoms with Gasteiger partial charge in [0.15, 0.2) is 0 Å². The molecular weight excluding hydrogens is 348 g/mol. The molecule has 0 unspecified atom stereocenters. The van der Waals surface area contributed by atoms with Crippen LogP contribution in [0, 0.1) is 11.6 Å². The molecule has 2 amide bonds. The van der Waals surface area contributed by atoms with Crippen LogP contribution in [0.2, 0.25) is 0 Å². The van der Waals surface area contributed by atoms with Gasteiger partial charge in [0.1, 0.15) is 11.6 Å². The third-order valence-electron chi connectivity index (χ3n) is 4.68. The molecule has 144 valence electrons. The van der Waals surface area contributed by atoms with Gasteiger partial charge in [0.25, 0.3) is 0 Å². The van der Waals surface area contributed by atoms with E-state index in [9.17, 15) is 13.6 Å². The molecule has 0 atom stereocenters. The second-order valence-electron chi connectivity index (χ2n) is 6.98. The number of aromatic nitrogens is 1. The van der Waals surface area contributed by atoms with Crippen molar-refractivity contribution >= 4 is 11.7 Å². The van der Waals surface area contributed by atoms with Gasteiger partial charge in [0.05, 0.1) is 5.69 Å². The van der Waals surface area contributed by atoms with Crippen LogP contribution in [0.4, 0.5) is 19.3 Å². The average Bonchev–Trinajstić information content (AvgIpc) is 3.48. The summed E-state index contributed by atoms with van der Waals surface area (Å²) in [6.45, 7) is 2.58. The number of anilines is 1. The molecule has 2 aromatic rings. The van der Waals surface area contributed by atoms with Gasteiger partial charge in [-0.2, -0.15) is 0 Å². The molecule has 2 N–H and O–H groups in total. The maximum atomic E-state index is 13.6.